The minimum atomic E-state index is -1.41. The van der Waals surface area contributed by atoms with E-state index in [0.717, 1.165) is 5.56 Å². The number of fused-ring (bicyclic) bond motifs is 1. The number of nitrogens with two attached hydrogens (primary N) is 1. The molecule has 0 saturated heterocycles. The maximum Gasteiger partial charge on any atom is 0.321 e. The zero-order valence-corrected chi connectivity index (χ0v) is 21.0. The monoisotopic (exact) mass is 529 g/mol. The van der Waals surface area contributed by atoms with Crippen LogP contribution in [0.15, 0.2) is 24.3 Å². The molecule has 2 aromatic rings. The van der Waals surface area contributed by atoms with Crippen molar-refractivity contribution in [2.75, 3.05) is 11.4 Å². The minimum Gasteiger partial charge on any atom is -0.480 e. The molecule has 15 nitrogen and oxygen atoms in total. The lowest BCUT2D eigenvalue weighted by Crippen LogP contribution is -2.54. The number of H-pyrrole nitrogens is 1. The van der Waals surface area contributed by atoms with E-state index in [0.29, 0.717) is 12.1 Å². The first-order chi connectivity index (χ1) is 18.1. The van der Waals surface area contributed by atoms with Crippen molar-refractivity contribution in [3.05, 3.63) is 35.7 Å². The molecule has 4 amide bonds. The number of carboxylic acids is 1. The van der Waals surface area contributed by atoms with Crippen LogP contribution in [0.1, 0.15) is 38.1 Å². The number of aromatic nitrogens is 4. The Morgan fingerprint density at radius 2 is 1.95 bits per heavy atom. The predicted molar refractivity (Wildman–Crippen MR) is 132 cm³/mol. The van der Waals surface area contributed by atoms with Crippen LogP contribution in [0, 0.1) is 5.92 Å². The summed E-state index contributed by atoms with van der Waals surface area (Å²) in [5, 5.41) is 30.0. The second-order valence-corrected chi connectivity index (χ2v) is 8.96. The van der Waals surface area contributed by atoms with Crippen molar-refractivity contribution in [3.8, 4) is 0 Å². The minimum absolute atomic E-state index is 0.0166. The van der Waals surface area contributed by atoms with Gasteiger partial charge in [-0.3, -0.25) is 28.9 Å². The number of aliphatic carboxylic acids is 1. The van der Waals surface area contributed by atoms with Gasteiger partial charge in [-0.1, -0.05) is 43.7 Å². The van der Waals surface area contributed by atoms with Gasteiger partial charge in [-0.25, -0.2) is 0 Å². The fourth-order valence-corrected chi connectivity index (χ4v) is 4.02. The third-order valence-corrected chi connectivity index (χ3v) is 6.31. The molecule has 38 heavy (non-hydrogen) atoms. The quantitative estimate of drug-likeness (QED) is 0.181. The molecule has 1 aromatic carbocycles. The fraction of sp³-hybridized carbons (Fsp3) is 0.478. The standard InChI is InChI=1S/C23H31N9O6/c1-3-12(2)20(27-18(33)9-14(24)23(37)38)22(36)26-11-19(34)32-15-7-5-4-6-13(15)8-16(32)21(35)25-10-17-28-30-31-29-17/h4-7,12,14,16,20H,3,8-11,24H2,1-2H3,(H,25,35)(H,26,36)(H,27,33)(H,37,38)(H,28,29,30,31)/t12-,14-,16-,20-/m0/s1. The van der Waals surface area contributed by atoms with Crippen LogP contribution in [0.25, 0.3) is 0 Å². The highest BCUT2D eigenvalue weighted by Gasteiger charge is 2.38. The lowest BCUT2D eigenvalue weighted by Gasteiger charge is -2.27. The van der Waals surface area contributed by atoms with Gasteiger partial charge in [0.1, 0.15) is 18.1 Å². The van der Waals surface area contributed by atoms with E-state index in [1.165, 1.54) is 4.90 Å². The van der Waals surface area contributed by atoms with Crippen molar-refractivity contribution in [1.29, 1.82) is 0 Å². The number of nitrogens with zero attached hydrogens (tertiary/aromatic N) is 4. The first kappa shape index (κ1) is 28.2. The van der Waals surface area contributed by atoms with Crippen molar-refractivity contribution in [2.24, 2.45) is 11.7 Å². The summed E-state index contributed by atoms with van der Waals surface area (Å²) in [6.07, 6.45) is 0.308. The number of carboxylic acid groups (broad SMARTS) is 1. The molecule has 204 valence electrons. The van der Waals surface area contributed by atoms with Gasteiger partial charge in [0.2, 0.25) is 23.6 Å². The zero-order valence-electron chi connectivity index (χ0n) is 21.0. The molecule has 2 heterocycles. The molecule has 0 unspecified atom stereocenters. The van der Waals surface area contributed by atoms with E-state index in [4.69, 9.17) is 10.8 Å². The molecule has 0 bridgehead atoms. The molecule has 1 aromatic heterocycles. The number of carbonyl (C=O) groups is 5. The maximum absolute atomic E-state index is 13.3. The van der Waals surface area contributed by atoms with Gasteiger partial charge in [0.05, 0.1) is 19.5 Å². The molecule has 7 N–H and O–H groups in total. The molecule has 3 rings (SSSR count). The summed E-state index contributed by atoms with van der Waals surface area (Å²) >= 11 is 0. The SMILES string of the molecule is CC[C@H](C)[C@H](NC(=O)C[C@H](N)C(=O)O)C(=O)NCC(=O)N1c2ccccc2C[C@H]1C(=O)NCc1nn[nH]n1. The molecule has 1 aliphatic rings. The van der Waals surface area contributed by atoms with Crippen LogP contribution in [0.3, 0.4) is 0 Å². The molecular weight excluding hydrogens is 498 g/mol. The van der Waals surface area contributed by atoms with E-state index < -0.39 is 60.7 Å². The maximum atomic E-state index is 13.3. The third-order valence-electron chi connectivity index (χ3n) is 6.31. The molecule has 0 aliphatic carbocycles. The van der Waals surface area contributed by atoms with Crippen molar-refractivity contribution in [1.82, 2.24) is 36.6 Å². The number of aromatic amines is 1. The van der Waals surface area contributed by atoms with Gasteiger partial charge in [-0.15, -0.1) is 10.2 Å². The van der Waals surface area contributed by atoms with Gasteiger partial charge < -0.3 is 26.8 Å². The lowest BCUT2D eigenvalue weighted by atomic mass is 9.98. The average Bonchev–Trinajstić information content (AvgIpc) is 3.56. The molecular formula is C23H31N9O6. The molecule has 15 heteroatoms. The largest absolute Gasteiger partial charge is 0.480 e. The second kappa shape index (κ2) is 12.7. The van der Waals surface area contributed by atoms with Crippen LogP contribution in [-0.4, -0.2) is 80.0 Å². The summed E-state index contributed by atoms with van der Waals surface area (Å²) < 4.78 is 0. The molecule has 0 radical (unpaired) electrons. The first-order valence-corrected chi connectivity index (χ1v) is 12.1. The number of nitrogens with one attached hydrogen (secondary N) is 4. The van der Waals surface area contributed by atoms with Crippen molar-refractivity contribution < 1.29 is 29.1 Å². The molecule has 0 fully saturated rings. The van der Waals surface area contributed by atoms with Gasteiger partial charge in [0.25, 0.3) is 0 Å². The fourth-order valence-electron chi connectivity index (χ4n) is 4.02. The van der Waals surface area contributed by atoms with Crippen molar-refractivity contribution >= 4 is 35.3 Å². The Morgan fingerprint density at radius 3 is 2.61 bits per heavy atom. The summed E-state index contributed by atoms with van der Waals surface area (Å²) in [4.78, 5) is 63.8. The molecule has 0 spiro atoms. The van der Waals surface area contributed by atoms with Crippen LogP contribution in [0.2, 0.25) is 0 Å². The lowest BCUT2D eigenvalue weighted by molar-refractivity contribution is -0.140. The molecule has 1 aliphatic heterocycles. The predicted octanol–water partition coefficient (Wildman–Crippen LogP) is -1.78. The zero-order chi connectivity index (χ0) is 27.8. The Hall–Kier alpha value is -4.40. The normalized spacial score (nSPS) is 16.6. The Labute approximate surface area is 217 Å². The van der Waals surface area contributed by atoms with Crippen molar-refractivity contribution in [2.45, 2.75) is 57.8 Å². The highest BCUT2D eigenvalue weighted by molar-refractivity contribution is 6.05. The van der Waals surface area contributed by atoms with E-state index in [-0.39, 0.29) is 24.7 Å². The molecule has 0 saturated carbocycles. The number of benzene rings is 1. The van der Waals surface area contributed by atoms with E-state index in [1.54, 1.807) is 25.1 Å². The smallest absolute Gasteiger partial charge is 0.321 e. The van der Waals surface area contributed by atoms with E-state index in [9.17, 15) is 24.0 Å². The summed E-state index contributed by atoms with van der Waals surface area (Å²) in [7, 11) is 0. The topological polar surface area (TPSA) is 225 Å². The van der Waals surface area contributed by atoms with E-state index >= 15 is 0 Å². The van der Waals surface area contributed by atoms with E-state index in [1.807, 2.05) is 13.0 Å². The summed E-state index contributed by atoms with van der Waals surface area (Å²) in [6, 6.07) is 3.81. The number of rotatable bonds is 12. The van der Waals surface area contributed by atoms with Gasteiger partial charge in [0, 0.05) is 12.1 Å². The average molecular weight is 530 g/mol. The van der Waals surface area contributed by atoms with E-state index in [2.05, 4.69) is 36.6 Å². The van der Waals surface area contributed by atoms with Crippen LogP contribution in [0.4, 0.5) is 5.69 Å². The summed E-state index contributed by atoms with van der Waals surface area (Å²) in [5.41, 5.74) is 6.77. The Kier molecular flexibility index (Phi) is 9.43. The first-order valence-electron chi connectivity index (χ1n) is 12.1. The Morgan fingerprint density at radius 1 is 1.21 bits per heavy atom. The van der Waals surface area contributed by atoms with Crippen LogP contribution in [0.5, 0.6) is 0 Å². The molecule has 4 atom stereocenters. The van der Waals surface area contributed by atoms with Gasteiger partial charge in [-0.05, 0) is 17.5 Å². The van der Waals surface area contributed by atoms with Crippen molar-refractivity contribution in [3.63, 3.8) is 0 Å². The number of para-hydroxylation sites is 1. The number of hydrogen-bond acceptors (Lipinski definition) is 9. The highest BCUT2D eigenvalue weighted by Crippen LogP contribution is 2.32. The Bertz CT molecular complexity index is 1170. The number of hydrogen-bond donors (Lipinski definition) is 6. The van der Waals surface area contributed by atoms with Gasteiger partial charge in [-0.2, -0.15) is 5.21 Å². The Balaban J connectivity index is 1.67. The van der Waals surface area contributed by atoms with Crippen LogP contribution in [-0.2, 0) is 36.9 Å². The highest BCUT2D eigenvalue weighted by atomic mass is 16.4. The summed E-state index contributed by atoms with van der Waals surface area (Å²) in [6.45, 7) is 3.15. The van der Waals surface area contributed by atoms with Crippen LogP contribution >= 0.6 is 0 Å². The van der Waals surface area contributed by atoms with Gasteiger partial charge >= 0.3 is 5.97 Å². The number of amides is 4. The van der Waals surface area contributed by atoms with Gasteiger partial charge in [0.15, 0.2) is 5.82 Å². The number of carbonyl (C=O) groups excluding carboxylic acids is 4. The second-order valence-electron chi connectivity index (χ2n) is 8.96. The third kappa shape index (κ3) is 6.88. The number of anilines is 1. The number of tetrazole rings is 1. The summed E-state index contributed by atoms with van der Waals surface area (Å²) in [5.74, 6) is -3.63. The van der Waals surface area contributed by atoms with Crippen LogP contribution < -0.4 is 26.6 Å².